The zero-order chi connectivity index (χ0) is 16.3. The van der Waals surface area contributed by atoms with E-state index >= 15 is 0 Å². The second-order valence-electron chi connectivity index (χ2n) is 6.74. The van der Waals surface area contributed by atoms with Gasteiger partial charge in [-0.25, -0.2) is 0 Å². The highest BCUT2D eigenvalue weighted by atomic mass is 35.5. The van der Waals surface area contributed by atoms with Gasteiger partial charge < -0.3 is 10.2 Å². The van der Waals surface area contributed by atoms with Crippen molar-refractivity contribution in [2.45, 2.75) is 23.3 Å². The van der Waals surface area contributed by atoms with Gasteiger partial charge in [0.2, 0.25) is 0 Å². The summed E-state index contributed by atoms with van der Waals surface area (Å²) in [4.78, 5) is 4.08. The lowest BCUT2D eigenvalue weighted by Gasteiger charge is -2.36. The standard InChI is InChI=1S/C19H18Cl2N2S.ClH/c20-12-1-2-13(16(21)9-12)11-7-14-15-10-22-4-3-17(15)23-5-6-24-18(8-11)19(14)23;/h1-2,7-9,15,17,22H,3-6,10H2;1H/t15-,17-;/m0./s1. The van der Waals surface area contributed by atoms with E-state index in [2.05, 4.69) is 22.3 Å². The number of rotatable bonds is 1. The van der Waals surface area contributed by atoms with Crippen LogP contribution < -0.4 is 10.2 Å². The lowest BCUT2D eigenvalue weighted by Crippen LogP contribution is -2.45. The highest BCUT2D eigenvalue weighted by Crippen LogP contribution is 2.52. The Morgan fingerprint density at radius 2 is 2.04 bits per heavy atom. The minimum Gasteiger partial charge on any atom is -0.366 e. The maximum Gasteiger partial charge on any atom is 0.0544 e. The molecule has 2 aromatic rings. The molecule has 0 aromatic heterocycles. The molecule has 25 heavy (non-hydrogen) atoms. The van der Waals surface area contributed by atoms with Crippen LogP contribution in [0.25, 0.3) is 11.1 Å². The highest BCUT2D eigenvalue weighted by Gasteiger charge is 2.42. The molecule has 1 N–H and O–H groups in total. The lowest BCUT2D eigenvalue weighted by molar-refractivity contribution is 0.406. The van der Waals surface area contributed by atoms with Crippen LogP contribution in [-0.4, -0.2) is 31.4 Å². The van der Waals surface area contributed by atoms with Crippen molar-refractivity contribution in [2.75, 3.05) is 30.3 Å². The minimum absolute atomic E-state index is 0. The van der Waals surface area contributed by atoms with Crippen LogP contribution in [0.4, 0.5) is 5.69 Å². The summed E-state index contributed by atoms with van der Waals surface area (Å²) in [6.07, 6.45) is 1.24. The van der Waals surface area contributed by atoms with Gasteiger partial charge in [-0.15, -0.1) is 24.2 Å². The van der Waals surface area contributed by atoms with Gasteiger partial charge in [-0.1, -0.05) is 29.3 Å². The van der Waals surface area contributed by atoms with Gasteiger partial charge in [0.25, 0.3) is 0 Å². The summed E-state index contributed by atoms with van der Waals surface area (Å²) in [7, 11) is 0. The average molecular weight is 414 g/mol. The Hall–Kier alpha value is -0.580. The summed E-state index contributed by atoms with van der Waals surface area (Å²) < 4.78 is 0. The normalized spacial score (nSPS) is 23.7. The molecule has 132 valence electrons. The van der Waals surface area contributed by atoms with E-state index in [0.29, 0.717) is 17.0 Å². The summed E-state index contributed by atoms with van der Waals surface area (Å²) in [6.45, 7) is 3.38. The molecule has 3 aliphatic rings. The first-order valence-corrected chi connectivity index (χ1v) is 10.2. The molecule has 0 unspecified atom stereocenters. The molecule has 0 radical (unpaired) electrons. The van der Waals surface area contributed by atoms with Crippen molar-refractivity contribution in [3.63, 3.8) is 0 Å². The maximum atomic E-state index is 6.48. The highest BCUT2D eigenvalue weighted by molar-refractivity contribution is 7.99. The van der Waals surface area contributed by atoms with Crippen molar-refractivity contribution in [3.05, 3.63) is 45.9 Å². The zero-order valence-electron chi connectivity index (χ0n) is 13.6. The predicted molar refractivity (Wildman–Crippen MR) is 111 cm³/mol. The second kappa shape index (κ2) is 6.86. The monoisotopic (exact) mass is 412 g/mol. The molecule has 6 heteroatoms. The predicted octanol–water partition coefficient (Wildman–Crippen LogP) is 5.45. The van der Waals surface area contributed by atoms with Gasteiger partial charge in [0.1, 0.15) is 0 Å². The molecule has 0 saturated carbocycles. The Morgan fingerprint density at radius 1 is 1.16 bits per heavy atom. The van der Waals surface area contributed by atoms with Crippen molar-refractivity contribution in [1.82, 2.24) is 5.32 Å². The van der Waals surface area contributed by atoms with Crippen LogP contribution in [0.1, 0.15) is 17.9 Å². The summed E-state index contributed by atoms with van der Waals surface area (Å²) in [6, 6.07) is 11.1. The Labute approximate surface area is 168 Å². The number of nitrogens with zero attached hydrogens (tertiary/aromatic N) is 1. The molecule has 1 saturated heterocycles. The van der Waals surface area contributed by atoms with Gasteiger partial charge in [-0.2, -0.15) is 0 Å². The Balaban J connectivity index is 0.00000157. The molecule has 2 aromatic carbocycles. The molecule has 0 aliphatic carbocycles. The summed E-state index contributed by atoms with van der Waals surface area (Å²) in [5.74, 6) is 1.76. The van der Waals surface area contributed by atoms with E-state index in [4.69, 9.17) is 23.2 Å². The Morgan fingerprint density at radius 3 is 2.88 bits per heavy atom. The van der Waals surface area contributed by atoms with Crippen molar-refractivity contribution in [2.24, 2.45) is 0 Å². The van der Waals surface area contributed by atoms with Crippen molar-refractivity contribution >= 4 is 53.1 Å². The Bertz CT molecular complexity index is 827. The van der Waals surface area contributed by atoms with E-state index in [1.807, 2.05) is 30.0 Å². The molecule has 0 spiro atoms. The average Bonchev–Trinajstić information content (AvgIpc) is 2.91. The van der Waals surface area contributed by atoms with Gasteiger partial charge in [0.05, 0.1) is 5.69 Å². The second-order valence-corrected chi connectivity index (χ2v) is 8.73. The van der Waals surface area contributed by atoms with Gasteiger partial charge in [0.15, 0.2) is 0 Å². The van der Waals surface area contributed by atoms with Crippen molar-refractivity contribution in [1.29, 1.82) is 0 Å². The number of hydrogen-bond acceptors (Lipinski definition) is 3. The molecule has 2 nitrogen and oxygen atoms in total. The third-order valence-corrected chi connectivity index (χ3v) is 7.03. The number of benzene rings is 2. The number of piperidine rings is 1. The van der Waals surface area contributed by atoms with Crippen molar-refractivity contribution < 1.29 is 0 Å². The third-order valence-electron chi connectivity index (χ3n) is 5.47. The summed E-state index contributed by atoms with van der Waals surface area (Å²) >= 11 is 14.5. The van der Waals surface area contributed by atoms with E-state index < -0.39 is 0 Å². The quantitative estimate of drug-likeness (QED) is 0.669. The molecular weight excluding hydrogens is 395 g/mol. The van der Waals surface area contributed by atoms with Crippen LogP contribution in [0, 0.1) is 0 Å². The Kier molecular flexibility index (Phi) is 4.89. The number of thioether (sulfide) groups is 1. The molecule has 1 fully saturated rings. The number of halogens is 3. The maximum absolute atomic E-state index is 6.48. The van der Waals surface area contributed by atoms with E-state index in [1.54, 1.807) is 0 Å². The topological polar surface area (TPSA) is 15.3 Å². The number of hydrogen-bond donors (Lipinski definition) is 1. The van der Waals surface area contributed by atoms with Gasteiger partial charge >= 0.3 is 0 Å². The third kappa shape index (κ3) is 2.85. The number of nitrogens with one attached hydrogen (secondary N) is 1. The van der Waals surface area contributed by atoms with E-state index in [9.17, 15) is 0 Å². The first kappa shape index (κ1) is 17.8. The fourth-order valence-electron chi connectivity index (χ4n) is 4.44. The van der Waals surface area contributed by atoms with E-state index in [-0.39, 0.29) is 12.4 Å². The van der Waals surface area contributed by atoms with Crippen LogP contribution in [0.5, 0.6) is 0 Å². The van der Waals surface area contributed by atoms with E-state index in [0.717, 1.165) is 23.7 Å². The fourth-order valence-corrected chi connectivity index (χ4v) is 6.05. The first-order chi connectivity index (χ1) is 11.7. The molecular formula is C19H19Cl3N2S. The van der Waals surface area contributed by atoms with Crippen molar-refractivity contribution in [3.8, 4) is 11.1 Å². The number of anilines is 1. The van der Waals surface area contributed by atoms with Crippen LogP contribution in [0.2, 0.25) is 10.0 Å². The minimum atomic E-state index is 0. The molecule has 2 atom stereocenters. The smallest absolute Gasteiger partial charge is 0.0544 e. The zero-order valence-corrected chi connectivity index (χ0v) is 16.7. The SMILES string of the molecule is Cl.Clc1ccc(-c2cc3c4c(c2)[C@@H]2CNCC[C@@H]2N4CCS3)c(Cl)c1. The van der Waals surface area contributed by atoms with Crippen LogP contribution in [0.3, 0.4) is 0 Å². The number of fused-ring (bicyclic) bond motifs is 3. The van der Waals surface area contributed by atoms with Crippen LogP contribution in [-0.2, 0) is 0 Å². The largest absolute Gasteiger partial charge is 0.366 e. The molecule has 0 bridgehead atoms. The summed E-state index contributed by atoms with van der Waals surface area (Å²) in [5.41, 5.74) is 5.27. The molecule has 5 rings (SSSR count). The van der Waals surface area contributed by atoms with Gasteiger partial charge in [-0.05, 0) is 48.4 Å². The molecule has 3 heterocycles. The van der Waals surface area contributed by atoms with Crippen LogP contribution in [0.15, 0.2) is 35.2 Å². The molecule has 3 aliphatic heterocycles. The summed E-state index contributed by atoms with van der Waals surface area (Å²) in [5, 5.41) is 4.99. The lowest BCUT2D eigenvalue weighted by atomic mass is 9.89. The van der Waals surface area contributed by atoms with Gasteiger partial charge in [0, 0.05) is 51.3 Å². The fraction of sp³-hybridized carbons (Fsp3) is 0.368. The van der Waals surface area contributed by atoms with Crippen LogP contribution >= 0.6 is 47.4 Å². The molecule has 0 amide bonds. The first-order valence-electron chi connectivity index (χ1n) is 8.46. The van der Waals surface area contributed by atoms with Gasteiger partial charge in [-0.3, -0.25) is 0 Å². The van der Waals surface area contributed by atoms with E-state index in [1.165, 1.54) is 40.4 Å².